The van der Waals surface area contributed by atoms with Gasteiger partial charge in [0.15, 0.2) is 5.82 Å². The number of aromatic nitrogens is 2. The molecule has 1 aliphatic rings. The van der Waals surface area contributed by atoms with E-state index in [0.29, 0.717) is 28.9 Å². The molecule has 0 radical (unpaired) electrons. The Bertz CT molecular complexity index is 1830. The van der Waals surface area contributed by atoms with Gasteiger partial charge in [-0.2, -0.15) is 4.98 Å². The van der Waals surface area contributed by atoms with E-state index in [1.165, 1.54) is 11.0 Å². The summed E-state index contributed by atoms with van der Waals surface area (Å²) >= 11 is 0. The van der Waals surface area contributed by atoms with Crippen molar-refractivity contribution in [1.82, 2.24) is 25.5 Å². The first kappa shape index (κ1) is 37.2. The van der Waals surface area contributed by atoms with Crippen LogP contribution in [0.4, 0.5) is 35.8 Å². The average Bonchev–Trinajstić information content (AvgIpc) is 3.08. The van der Waals surface area contributed by atoms with Gasteiger partial charge in [0, 0.05) is 43.4 Å². The molecule has 5 rings (SSSR count). The predicted octanol–water partition coefficient (Wildman–Crippen LogP) is 7.33. The summed E-state index contributed by atoms with van der Waals surface area (Å²) in [6.45, 7) is 11.8. The number of anilines is 3. The van der Waals surface area contributed by atoms with Gasteiger partial charge in [-0.15, -0.1) is 0 Å². The molecule has 0 fully saturated rings. The lowest BCUT2D eigenvalue weighted by Gasteiger charge is -2.31. The fourth-order valence-electron chi connectivity index (χ4n) is 5.04. The maximum atomic E-state index is 15.1. The van der Waals surface area contributed by atoms with Gasteiger partial charge in [-0.1, -0.05) is 56.3 Å². The predicted molar refractivity (Wildman–Crippen MR) is 189 cm³/mol. The maximum absolute atomic E-state index is 15.1. The Hall–Kier alpha value is -5.59. The third-order valence-electron chi connectivity index (χ3n) is 7.46. The number of amides is 4. The Labute approximate surface area is 291 Å². The van der Waals surface area contributed by atoms with Gasteiger partial charge in [-0.3, -0.25) is 4.79 Å². The van der Waals surface area contributed by atoms with Gasteiger partial charge < -0.3 is 25.6 Å². The van der Waals surface area contributed by atoms with Gasteiger partial charge in [0.1, 0.15) is 22.9 Å². The molecule has 1 aromatic heterocycles. The third-order valence-corrected chi connectivity index (χ3v) is 7.46. The molecule has 0 aliphatic carbocycles. The minimum Gasteiger partial charge on any atom is -0.444 e. The molecule has 13 heteroatoms. The number of halogens is 2. The summed E-state index contributed by atoms with van der Waals surface area (Å²) in [6, 6.07) is 17.2. The fourth-order valence-corrected chi connectivity index (χ4v) is 5.04. The smallest absolute Gasteiger partial charge is 0.410 e. The molecule has 0 bridgehead atoms. The van der Waals surface area contributed by atoms with E-state index in [0.717, 1.165) is 28.2 Å². The number of fused-ring (bicyclic) bond motifs is 1. The zero-order chi connectivity index (χ0) is 36.6. The Morgan fingerprint density at radius 2 is 1.68 bits per heavy atom. The van der Waals surface area contributed by atoms with Crippen molar-refractivity contribution in [2.75, 3.05) is 30.4 Å². The minimum atomic E-state index is -0.958. The zero-order valence-electron chi connectivity index (χ0n) is 29.4. The lowest BCUT2D eigenvalue weighted by atomic mass is 9.97. The van der Waals surface area contributed by atoms with Gasteiger partial charge in [0.2, 0.25) is 5.95 Å². The quantitative estimate of drug-likeness (QED) is 0.168. The number of nitrogens with zero attached hydrogens (tertiary/aromatic N) is 4. The second kappa shape index (κ2) is 16.2. The first-order chi connectivity index (χ1) is 23.8. The summed E-state index contributed by atoms with van der Waals surface area (Å²) in [7, 11) is 1.58. The van der Waals surface area contributed by atoms with Gasteiger partial charge in [0.05, 0.1) is 12.2 Å². The molecule has 3 N–H and O–H groups in total. The highest BCUT2D eigenvalue weighted by molar-refractivity contribution is 6.02. The van der Waals surface area contributed by atoms with E-state index < -0.39 is 35.0 Å². The molecular weight excluding hydrogens is 644 g/mol. The fraction of sp³-hybridized carbons (Fsp3) is 0.324. The van der Waals surface area contributed by atoms with Crippen LogP contribution in [-0.4, -0.2) is 58.6 Å². The largest absolute Gasteiger partial charge is 0.444 e. The molecular formula is C37H43F2N7O4. The monoisotopic (exact) mass is 687 g/mol. The first-order valence-corrected chi connectivity index (χ1v) is 16.4. The summed E-state index contributed by atoms with van der Waals surface area (Å²) in [4.78, 5) is 50.4. The molecule has 1 aliphatic heterocycles. The molecule has 264 valence electrons. The molecule has 0 spiro atoms. The van der Waals surface area contributed by atoms with Crippen LogP contribution >= 0.6 is 0 Å². The molecule has 11 nitrogen and oxygen atoms in total. The van der Waals surface area contributed by atoms with E-state index in [1.807, 2.05) is 51.1 Å². The maximum Gasteiger partial charge on any atom is 0.410 e. The van der Waals surface area contributed by atoms with Crippen LogP contribution in [0.25, 0.3) is 11.3 Å². The number of carbonyl (C=O) groups is 3. The molecule has 2 heterocycles. The average molecular weight is 688 g/mol. The van der Waals surface area contributed by atoms with Crippen molar-refractivity contribution in [3.05, 3.63) is 101 Å². The zero-order valence-corrected chi connectivity index (χ0v) is 29.4. The summed E-state index contributed by atoms with van der Waals surface area (Å²) in [5, 5.41) is 8.66. The minimum absolute atomic E-state index is 0.0333. The number of benzene rings is 3. The molecule has 4 aromatic rings. The van der Waals surface area contributed by atoms with E-state index in [2.05, 4.69) is 20.9 Å². The highest BCUT2D eigenvalue weighted by Crippen LogP contribution is 2.39. The molecule has 4 amide bonds. The Kier molecular flexibility index (Phi) is 12.1. The van der Waals surface area contributed by atoms with Crippen molar-refractivity contribution in [1.29, 1.82) is 0 Å². The number of para-hydroxylation sites is 1. The van der Waals surface area contributed by atoms with E-state index in [-0.39, 0.29) is 37.3 Å². The Morgan fingerprint density at radius 1 is 1.00 bits per heavy atom. The summed E-state index contributed by atoms with van der Waals surface area (Å²) in [5.41, 5.74) is 2.08. The highest BCUT2D eigenvalue weighted by atomic mass is 19.1. The lowest BCUT2D eigenvalue weighted by molar-refractivity contribution is 0.0305. The molecule has 3 aromatic carbocycles. The Morgan fingerprint density at radius 3 is 2.34 bits per heavy atom. The molecule has 0 atom stereocenters. The standard InChI is InChI=1S/C35H37F2N7O4.C2H6/c1-21-14-15-23(31(45)39-19-22-10-7-6-8-11-22)18-24(21)28-25-20-40-33(46)44(29-26(36)12-9-13-27(29)37)30(25)42-32(41-28)38-16-17-43(5)34(47)48-35(2,3)4;1-2/h6-15,18H,16-17,19-20H2,1-5H3,(H,39,45)(H,40,46)(H,38,41,42);1-2H3. The summed E-state index contributed by atoms with van der Waals surface area (Å²) in [5.74, 6) is -2.22. The molecule has 0 saturated heterocycles. The van der Waals surface area contributed by atoms with Crippen molar-refractivity contribution in [3.63, 3.8) is 0 Å². The van der Waals surface area contributed by atoms with Crippen LogP contribution in [0.1, 0.15) is 61.7 Å². The lowest BCUT2D eigenvalue weighted by Crippen LogP contribution is -2.43. The number of hydrogen-bond acceptors (Lipinski definition) is 7. The second-order valence-corrected chi connectivity index (χ2v) is 12.3. The number of rotatable bonds is 9. The van der Waals surface area contributed by atoms with Gasteiger partial charge in [0.25, 0.3) is 5.91 Å². The first-order valence-electron chi connectivity index (χ1n) is 16.4. The number of carbonyl (C=O) groups excluding carboxylic acids is 3. The van der Waals surface area contributed by atoms with Crippen LogP contribution < -0.4 is 20.9 Å². The van der Waals surface area contributed by atoms with E-state index in [9.17, 15) is 14.4 Å². The van der Waals surface area contributed by atoms with Gasteiger partial charge >= 0.3 is 12.1 Å². The van der Waals surface area contributed by atoms with Crippen LogP contribution in [0, 0.1) is 18.6 Å². The molecule has 0 unspecified atom stereocenters. The van der Waals surface area contributed by atoms with Crippen LogP contribution in [-0.2, 0) is 17.8 Å². The SMILES string of the molecule is CC.Cc1ccc(C(=O)NCc2ccccc2)cc1-c1nc(NCCN(C)C(=O)OC(C)(C)C)nc2c1CNC(=O)N2c1c(F)cccc1F. The number of likely N-dealkylation sites (N-methyl/N-ethyl adjacent to an activating group) is 1. The second-order valence-electron chi connectivity index (χ2n) is 12.3. The van der Waals surface area contributed by atoms with Crippen molar-refractivity contribution in [2.45, 2.75) is 60.2 Å². The van der Waals surface area contributed by atoms with Crippen LogP contribution in [0.5, 0.6) is 0 Å². The van der Waals surface area contributed by atoms with Gasteiger partial charge in [-0.05, 0) is 63.1 Å². The van der Waals surface area contributed by atoms with Crippen molar-refractivity contribution >= 4 is 35.5 Å². The highest BCUT2D eigenvalue weighted by Gasteiger charge is 2.34. The number of urea groups is 1. The number of hydrogen-bond donors (Lipinski definition) is 3. The van der Waals surface area contributed by atoms with Crippen molar-refractivity contribution in [2.24, 2.45) is 0 Å². The van der Waals surface area contributed by atoms with Crippen LogP contribution in [0.15, 0.2) is 66.7 Å². The van der Waals surface area contributed by atoms with Crippen molar-refractivity contribution in [3.8, 4) is 11.3 Å². The topological polar surface area (TPSA) is 129 Å². The van der Waals surface area contributed by atoms with Crippen molar-refractivity contribution < 1.29 is 27.9 Å². The van der Waals surface area contributed by atoms with E-state index >= 15 is 8.78 Å². The van der Waals surface area contributed by atoms with E-state index in [1.54, 1.807) is 46.0 Å². The number of aryl methyl sites for hydroxylation is 1. The summed E-state index contributed by atoms with van der Waals surface area (Å²) in [6.07, 6.45) is -0.521. The van der Waals surface area contributed by atoms with E-state index in [4.69, 9.17) is 9.72 Å². The number of nitrogens with one attached hydrogen (secondary N) is 3. The van der Waals surface area contributed by atoms with Gasteiger partial charge in [-0.25, -0.2) is 28.3 Å². The number of ether oxygens (including phenoxy) is 1. The van der Waals surface area contributed by atoms with Crippen LogP contribution in [0.3, 0.4) is 0 Å². The normalized spacial score (nSPS) is 12.2. The molecule has 50 heavy (non-hydrogen) atoms. The van der Waals surface area contributed by atoms with Crippen LogP contribution in [0.2, 0.25) is 0 Å². The molecule has 0 saturated carbocycles. The Balaban J connectivity index is 0.00000276. The third kappa shape index (κ3) is 8.90. The summed E-state index contributed by atoms with van der Waals surface area (Å²) < 4.78 is 35.6.